The van der Waals surface area contributed by atoms with Crippen LogP contribution in [0.15, 0.2) is 96.6 Å². The normalized spacial score (nSPS) is 27.5. The fraction of sp³-hybridized carbons (Fsp3) is 0.222. The molecule has 2 saturated heterocycles. The zero-order valence-corrected chi connectivity index (χ0v) is 25.3. The van der Waals surface area contributed by atoms with Crippen LogP contribution in [-0.4, -0.2) is 28.7 Å². The Hall–Kier alpha value is -4.46. The van der Waals surface area contributed by atoms with E-state index in [1.807, 2.05) is 42.5 Å². The summed E-state index contributed by atoms with van der Waals surface area (Å²) in [6.07, 6.45) is 2.53. The first kappa shape index (κ1) is 28.0. The third-order valence-electron chi connectivity index (χ3n) is 10.1. The predicted molar refractivity (Wildman–Crippen MR) is 171 cm³/mol. The van der Waals surface area contributed by atoms with E-state index in [4.69, 9.17) is 23.2 Å². The average molecular weight is 638 g/mol. The number of halogens is 2. The van der Waals surface area contributed by atoms with E-state index in [-0.39, 0.29) is 35.8 Å². The first-order valence-electron chi connectivity index (χ1n) is 14.9. The van der Waals surface area contributed by atoms with Crippen LogP contribution in [0.5, 0.6) is 5.75 Å². The van der Waals surface area contributed by atoms with Gasteiger partial charge in [-0.05, 0) is 72.7 Å². The summed E-state index contributed by atoms with van der Waals surface area (Å²) < 4.78 is 0. The van der Waals surface area contributed by atoms with E-state index < -0.39 is 35.5 Å². The molecule has 4 aromatic carbocycles. The Morgan fingerprint density at radius 1 is 0.622 bits per heavy atom. The van der Waals surface area contributed by atoms with Crippen molar-refractivity contribution in [2.24, 2.45) is 29.6 Å². The van der Waals surface area contributed by atoms with E-state index in [1.54, 1.807) is 48.5 Å². The number of phenols is 1. The van der Waals surface area contributed by atoms with E-state index >= 15 is 0 Å². The van der Waals surface area contributed by atoms with Crippen LogP contribution >= 0.6 is 23.2 Å². The molecule has 0 unspecified atom stereocenters. The Morgan fingerprint density at radius 3 is 1.84 bits per heavy atom. The minimum absolute atomic E-state index is 0.0438. The number of nitrogens with zero attached hydrogens (tertiary/aromatic N) is 2. The van der Waals surface area contributed by atoms with Crippen LogP contribution in [0.3, 0.4) is 0 Å². The van der Waals surface area contributed by atoms with Gasteiger partial charge in [0.2, 0.25) is 23.6 Å². The lowest BCUT2D eigenvalue weighted by Crippen LogP contribution is -2.43. The lowest BCUT2D eigenvalue weighted by molar-refractivity contribution is -0.126. The Kier molecular flexibility index (Phi) is 6.41. The van der Waals surface area contributed by atoms with Crippen LogP contribution in [0.1, 0.15) is 24.3 Å². The Labute approximate surface area is 268 Å². The number of aromatic hydroxyl groups is 1. The second kappa shape index (κ2) is 10.3. The molecule has 8 rings (SSSR count). The number of anilines is 2. The van der Waals surface area contributed by atoms with E-state index in [0.717, 1.165) is 11.0 Å². The smallest absolute Gasteiger partial charge is 0.238 e. The molecule has 0 radical (unpaired) electrons. The van der Waals surface area contributed by atoms with Crippen molar-refractivity contribution >= 4 is 69.0 Å². The zero-order valence-electron chi connectivity index (χ0n) is 23.8. The van der Waals surface area contributed by atoms with Gasteiger partial charge < -0.3 is 5.11 Å². The lowest BCUT2D eigenvalue weighted by Gasteiger charge is -2.44. The number of carbonyl (C=O) groups excluding carboxylic acids is 4. The second-order valence-electron chi connectivity index (χ2n) is 12.2. The molecule has 4 amide bonds. The molecule has 0 aromatic heterocycles. The number of benzene rings is 4. The molecule has 4 aromatic rings. The highest BCUT2D eigenvalue weighted by Crippen LogP contribution is 2.59. The number of rotatable bonds is 3. The maximum atomic E-state index is 14.3. The van der Waals surface area contributed by atoms with Gasteiger partial charge in [-0.2, -0.15) is 0 Å². The quantitative estimate of drug-likeness (QED) is 0.195. The Morgan fingerprint density at radius 2 is 1.20 bits per heavy atom. The molecule has 224 valence electrons. The fourth-order valence-electron chi connectivity index (χ4n) is 8.15. The molecule has 2 aliphatic carbocycles. The molecule has 1 N–H and O–H groups in total. The van der Waals surface area contributed by atoms with Crippen LogP contribution in [0, 0.1) is 29.6 Å². The second-order valence-corrected chi connectivity index (χ2v) is 13.1. The lowest BCUT2D eigenvalue weighted by atomic mass is 9.57. The molecule has 4 aliphatic rings. The fourth-order valence-corrected chi connectivity index (χ4v) is 8.40. The SMILES string of the molecule is O=C1[C@H]2[C@H](CC=C3[C@H]2C[C@H]2C(=O)N(c4ccc(Cl)cc4)C(=O)[C@H]2[C@H]3c2ccc3ccccc3c2O)C(=O)N1c1ccc(Cl)cc1. The molecular formula is C36H26Cl2N2O5. The number of hydrogen-bond acceptors (Lipinski definition) is 5. The van der Waals surface area contributed by atoms with Gasteiger partial charge in [-0.3, -0.25) is 29.0 Å². The maximum absolute atomic E-state index is 14.3. The Balaban J connectivity index is 1.27. The Bertz CT molecular complexity index is 1970. The zero-order chi connectivity index (χ0) is 31.1. The van der Waals surface area contributed by atoms with E-state index in [9.17, 15) is 24.3 Å². The van der Waals surface area contributed by atoms with Gasteiger partial charge in [-0.15, -0.1) is 0 Å². The van der Waals surface area contributed by atoms with Crippen LogP contribution < -0.4 is 9.80 Å². The molecule has 0 bridgehead atoms. The van der Waals surface area contributed by atoms with Gasteiger partial charge in [-0.25, -0.2) is 0 Å². The van der Waals surface area contributed by atoms with Crippen molar-refractivity contribution in [2.45, 2.75) is 18.8 Å². The van der Waals surface area contributed by atoms with Crippen molar-refractivity contribution in [1.29, 1.82) is 0 Å². The van der Waals surface area contributed by atoms with Gasteiger partial charge in [0.1, 0.15) is 5.75 Å². The maximum Gasteiger partial charge on any atom is 0.238 e. The van der Waals surface area contributed by atoms with Crippen LogP contribution in [0.25, 0.3) is 10.8 Å². The summed E-state index contributed by atoms with van der Waals surface area (Å²) in [5.41, 5.74) is 2.22. The summed E-state index contributed by atoms with van der Waals surface area (Å²) in [5.74, 6) is -5.26. The van der Waals surface area contributed by atoms with Gasteiger partial charge >= 0.3 is 0 Å². The molecule has 9 heteroatoms. The third-order valence-corrected chi connectivity index (χ3v) is 10.6. The molecule has 0 spiro atoms. The standard InChI is InChI=1S/C36H26Cl2N2O5/c37-19-6-10-21(11-7-19)39-33(42)26-16-15-24-27(30(26)35(39)44)17-28-31(36(45)40(34(28)43)22-12-8-20(38)9-13-22)29(24)25-14-5-18-3-1-2-4-23(18)32(25)41/h1-15,26-31,41H,16-17H2/t26-,27+,28+,29+,30-,31+/m0/s1. The van der Waals surface area contributed by atoms with Crippen LogP contribution in [0.4, 0.5) is 11.4 Å². The predicted octanol–water partition coefficient (Wildman–Crippen LogP) is 6.90. The van der Waals surface area contributed by atoms with Gasteiger partial charge in [0, 0.05) is 26.9 Å². The molecule has 2 heterocycles. The van der Waals surface area contributed by atoms with Gasteiger partial charge in [0.25, 0.3) is 0 Å². The summed E-state index contributed by atoms with van der Waals surface area (Å²) in [7, 11) is 0. The van der Waals surface area contributed by atoms with Crippen molar-refractivity contribution in [1.82, 2.24) is 0 Å². The summed E-state index contributed by atoms with van der Waals surface area (Å²) in [5, 5.41) is 14.1. The van der Waals surface area contributed by atoms with Crippen molar-refractivity contribution in [2.75, 3.05) is 9.80 Å². The molecule has 1 saturated carbocycles. The van der Waals surface area contributed by atoms with E-state index in [0.29, 0.717) is 38.8 Å². The number of carbonyl (C=O) groups is 4. The first-order valence-corrected chi connectivity index (χ1v) is 15.7. The summed E-state index contributed by atoms with van der Waals surface area (Å²) in [4.78, 5) is 58.8. The van der Waals surface area contributed by atoms with Crippen molar-refractivity contribution in [3.05, 3.63) is 112 Å². The number of fused-ring (bicyclic) bond motifs is 5. The van der Waals surface area contributed by atoms with E-state index in [2.05, 4.69) is 0 Å². The van der Waals surface area contributed by atoms with Crippen LogP contribution in [0.2, 0.25) is 10.0 Å². The minimum atomic E-state index is -0.793. The topological polar surface area (TPSA) is 95.0 Å². The van der Waals surface area contributed by atoms with Gasteiger partial charge in [-0.1, -0.05) is 71.2 Å². The molecule has 45 heavy (non-hydrogen) atoms. The van der Waals surface area contributed by atoms with Crippen molar-refractivity contribution in [3.63, 3.8) is 0 Å². The highest BCUT2D eigenvalue weighted by atomic mass is 35.5. The first-order chi connectivity index (χ1) is 21.7. The van der Waals surface area contributed by atoms with Gasteiger partial charge in [0.15, 0.2) is 0 Å². The van der Waals surface area contributed by atoms with Crippen molar-refractivity contribution in [3.8, 4) is 5.75 Å². The van der Waals surface area contributed by atoms with E-state index in [1.165, 1.54) is 9.80 Å². The monoisotopic (exact) mass is 636 g/mol. The van der Waals surface area contributed by atoms with Gasteiger partial charge in [0.05, 0.1) is 35.0 Å². The minimum Gasteiger partial charge on any atom is -0.507 e. The largest absolute Gasteiger partial charge is 0.507 e. The number of allylic oxidation sites excluding steroid dienone is 2. The van der Waals surface area contributed by atoms with Crippen molar-refractivity contribution < 1.29 is 24.3 Å². The summed E-state index contributed by atoms with van der Waals surface area (Å²) in [6.45, 7) is 0. The summed E-state index contributed by atoms with van der Waals surface area (Å²) in [6, 6.07) is 24.3. The highest BCUT2D eigenvalue weighted by molar-refractivity contribution is 6.31. The van der Waals surface area contributed by atoms with Crippen LogP contribution in [-0.2, 0) is 19.2 Å². The summed E-state index contributed by atoms with van der Waals surface area (Å²) >= 11 is 12.2. The number of phenolic OH excluding ortho intramolecular Hbond substituents is 1. The molecular weight excluding hydrogens is 611 g/mol. The average Bonchev–Trinajstić information content (AvgIpc) is 3.45. The molecule has 3 fully saturated rings. The highest BCUT2D eigenvalue weighted by Gasteiger charge is 2.62. The molecule has 7 nitrogen and oxygen atoms in total. The number of imide groups is 2. The third kappa shape index (κ3) is 4.10. The molecule has 6 atom stereocenters. The number of hydrogen-bond donors (Lipinski definition) is 1. The molecule has 2 aliphatic heterocycles. The number of amides is 4.